The molecule has 0 atom stereocenters. The molecule has 4 nitrogen and oxygen atoms in total. The lowest BCUT2D eigenvalue weighted by Gasteiger charge is -2.05. The van der Waals surface area contributed by atoms with E-state index in [9.17, 15) is 4.39 Å². The van der Waals surface area contributed by atoms with Crippen molar-refractivity contribution in [2.75, 3.05) is 11.5 Å². The SMILES string of the molecule is Cc1ccc(-n2nnnc2SCCSc2ccc(F)cc2)cc1. The lowest BCUT2D eigenvalue weighted by Crippen LogP contribution is -1.99. The van der Waals surface area contributed by atoms with Crippen LogP contribution in [0.15, 0.2) is 58.6 Å². The Hall–Kier alpha value is -1.86. The highest BCUT2D eigenvalue weighted by molar-refractivity contribution is 8.02. The monoisotopic (exact) mass is 346 g/mol. The lowest BCUT2D eigenvalue weighted by atomic mass is 10.2. The van der Waals surface area contributed by atoms with Gasteiger partial charge in [0.2, 0.25) is 5.16 Å². The molecule has 7 heteroatoms. The number of halogens is 1. The summed E-state index contributed by atoms with van der Waals surface area (Å²) in [6.07, 6.45) is 0. The van der Waals surface area contributed by atoms with E-state index in [1.54, 1.807) is 40.3 Å². The van der Waals surface area contributed by atoms with Gasteiger partial charge in [0.05, 0.1) is 5.69 Å². The van der Waals surface area contributed by atoms with Crippen LogP contribution in [0.4, 0.5) is 4.39 Å². The van der Waals surface area contributed by atoms with Crippen LogP contribution in [0.25, 0.3) is 5.69 Å². The molecule has 2 aromatic carbocycles. The van der Waals surface area contributed by atoms with Crippen molar-refractivity contribution >= 4 is 23.5 Å². The largest absolute Gasteiger partial charge is 0.214 e. The molecule has 118 valence electrons. The minimum atomic E-state index is -0.207. The maximum absolute atomic E-state index is 12.9. The van der Waals surface area contributed by atoms with Crippen molar-refractivity contribution in [1.29, 1.82) is 0 Å². The molecule has 0 saturated carbocycles. The van der Waals surface area contributed by atoms with E-state index in [0.29, 0.717) is 0 Å². The van der Waals surface area contributed by atoms with Gasteiger partial charge in [-0.05, 0) is 53.7 Å². The lowest BCUT2D eigenvalue weighted by molar-refractivity contribution is 0.626. The number of tetrazole rings is 1. The fourth-order valence-corrected chi connectivity index (χ4v) is 3.71. The van der Waals surface area contributed by atoms with Gasteiger partial charge in [0.15, 0.2) is 0 Å². The molecule has 0 aliphatic carbocycles. The highest BCUT2D eigenvalue weighted by atomic mass is 32.2. The second kappa shape index (κ2) is 7.61. The molecule has 0 spiro atoms. The summed E-state index contributed by atoms with van der Waals surface area (Å²) in [6.45, 7) is 2.05. The molecule has 0 unspecified atom stereocenters. The van der Waals surface area contributed by atoms with Crippen molar-refractivity contribution in [3.63, 3.8) is 0 Å². The van der Waals surface area contributed by atoms with Crippen molar-refractivity contribution in [3.05, 3.63) is 59.9 Å². The highest BCUT2D eigenvalue weighted by Crippen LogP contribution is 2.23. The molecule has 3 aromatic rings. The van der Waals surface area contributed by atoms with Gasteiger partial charge in [-0.25, -0.2) is 4.39 Å². The Morgan fingerprint density at radius 3 is 2.39 bits per heavy atom. The van der Waals surface area contributed by atoms with Gasteiger partial charge >= 0.3 is 0 Å². The van der Waals surface area contributed by atoms with Crippen LogP contribution in [-0.4, -0.2) is 31.7 Å². The zero-order valence-corrected chi connectivity index (χ0v) is 14.1. The highest BCUT2D eigenvalue weighted by Gasteiger charge is 2.08. The molecule has 0 radical (unpaired) electrons. The summed E-state index contributed by atoms with van der Waals surface area (Å²) in [7, 11) is 0. The number of aryl methyl sites for hydroxylation is 1. The minimum Gasteiger partial charge on any atom is -0.207 e. The van der Waals surface area contributed by atoms with Crippen molar-refractivity contribution < 1.29 is 4.39 Å². The van der Waals surface area contributed by atoms with Crippen LogP contribution in [0.2, 0.25) is 0 Å². The quantitative estimate of drug-likeness (QED) is 0.499. The Balaban J connectivity index is 1.56. The van der Waals surface area contributed by atoms with E-state index in [0.717, 1.165) is 27.2 Å². The van der Waals surface area contributed by atoms with Crippen LogP contribution in [0.5, 0.6) is 0 Å². The van der Waals surface area contributed by atoms with E-state index in [4.69, 9.17) is 0 Å². The standard InChI is InChI=1S/C16H15FN4S2/c1-12-2-6-14(7-3-12)21-16(18-19-20-21)23-11-10-22-15-8-4-13(17)5-9-15/h2-9H,10-11H2,1H3. The van der Waals surface area contributed by atoms with Gasteiger partial charge in [-0.1, -0.05) is 29.5 Å². The van der Waals surface area contributed by atoms with Crippen LogP contribution in [-0.2, 0) is 0 Å². The molecular weight excluding hydrogens is 331 g/mol. The molecule has 0 bridgehead atoms. The molecule has 3 rings (SSSR count). The topological polar surface area (TPSA) is 43.6 Å². The second-order valence-corrected chi connectivity index (χ2v) is 7.09. The van der Waals surface area contributed by atoms with Crippen molar-refractivity contribution in [2.45, 2.75) is 17.0 Å². The minimum absolute atomic E-state index is 0.207. The summed E-state index contributed by atoms with van der Waals surface area (Å²) < 4.78 is 14.6. The van der Waals surface area contributed by atoms with Gasteiger partial charge in [-0.15, -0.1) is 16.9 Å². The van der Waals surface area contributed by atoms with Crippen molar-refractivity contribution in [2.24, 2.45) is 0 Å². The first-order chi connectivity index (χ1) is 11.2. The normalized spacial score (nSPS) is 10.9. The van der Waals surface area contributed by atoms with Gasteiger partial charge in [0.25, 0.3) is 0 Å². The van der Waals surface area contributed by atoms with Crippen LogP contribution < -0.4 is 0 Å². The smallest absolute Gasteiger partial charge is 0.207 e. The zero-order chi connectivity index (χ0) is 16.1. The van der Waals surface area contributed by atoms with Crippen LogP contribution in [0.1, 0.15) is 5.56 Å². The molecule has 0 fully saturated rings. The Morgan fingerprint density at radius 2 is 1.65 bits per heavy atom. The second-order valence-electron chi connectivity index (χ2n) is 4.86. The predicted molar refractivity (Wildman–Crippen MR) is 91.7 cm³/mol. The molecule has 0 aliphatic rings. The third kappa shape index (κ3) is 4.33. The number of benzene rings is 2. The number of nitrogens with zero attached hydrogens (tertiary/aromatic N) is 4. The Bertz CT molecular complexity index is 757. The van der Waals surface area contributed by atoms with E-state index in [2.05, 4.69) is 15.5 Å². The number of hydrogen-bond acceptors (Lipinski definition) is 5. The first-order valence-electron chi connectivity index (χ1n) is 7.09. The molecule has 1 heterocycles. The summed E-state index contributed by atoms with van der Waals surface area (Å²) >= 11 is 3.30. The summed E-state index contributed by atoms with van der Waals surface area (Å²) in [5.41, 5.74) is 2.15. The first-order valence-corrected chi connectivity index (χ1v) is 9.06. The third-order valence-electron chi connectivity index (χ3n) is 3.12. The maximum atomic E-state index is 12.9. The number of rotatable bonds is 6. The molecular formula is C16H15FN4S2. The molecule has 0 amide bonds. The number of aromatic nitrogens is 4. The Morgan fingerprint density at radius 1 is 0.957 bits per heavy atom. The van der Waals surface area contributed by atoms with Crippen molar-refractivity contribution in [3.8, 4) is 5.69 Å². The molecule has 0 N–H and O–H groups in total. The number of thioether (sulfide) groups is 2. The molecule has 1 aromatic heterocycles. The fraction of sp³-hybridized carbons (Fsp3) is 0.188. The van der Waals surface area contributed by atoms with Crippen molar-refractivity contribution in [1.82, 2.24) is 20.2 Å². The Kier molecular flexibility index (Phi) is 5.30. The van der Waals surface area contributed by atoms with Crippen LogP contribution in [0, 0.1) is 12.7 Å². The maximum Gasteiger partial charge on any atom is 0.214 e. The van der Waals surface area contributed by atoms with Gasteiger partial charge in [0.1, 0.15) is 5.82 Å². The van der Waals surface area contributed by atoms with Gasteiger partial charge in [-0.2, -0.15) is 4.68 Å². The summed E-state index contributed by atoms with van der Waals surface area (Å²) in [5, 5.41) is 12.7. The summed E-state index contributed by atoms with van der Waals surface area (Å²) in [4.78, 5) is 1.06. The van der Waals surface area contributed by atoms with E-state index < -0.39 is 0 Å². The van der Waals surface area contributed by atoms with E-state index in [1.807, 2.05) is 31.2 Å². The van der Waals surface area contributed by atoms with Gasteiger partial charge in [0, 0.05) is 16.4 Å². The average Bonchev–Trinajstić information content (AvgIpc) is 3.02. The summed E-state index contributed by atoms with van der Waals surface area (Å²) in [6, 6.07) is 14.6. The Labute approximate surface area is 142 Å². The molecule has 0 aliphatic heterocycles. The number of hydrogen-bond donors (Lipinski definition) is 0. The molecule has 23 heavy (non-hydrogen) atoms. The van der Waals surface area contributed by atoms with Crippen LogP contribution >= 0.6 is 23.5 Å². The van der Waals surface area contributed by atoms with Crippen LogP contribution in [0.3, 0.4) is 0 Å². The average molecular weight is 346 g/mol. The molecule has 0 saturated heterocycles. The van der Waals surface area contributed by atoms with Gasteiger partial charge < -0.3 is 0 Å². The van der Waals surface area contributed by atoms with E-state index in [1.165, 1.54) is 17.7 Å². The van der Waals surface area contributed by atoms with E-state index in [-0.39, 0.29) is 5.82 Å². The fourth-order valence-electron chi connectivity index (χ4n) is 1.94. The zero-order valence-electron chi connectivity index (χ0n) is 12.5. The van der Waals surface area contributed by atoms with Gasteiger partial charge in [-0.3, -0.25) is 0 Å². The van der Waals surface area contributed by atoms with E-state index >= 15 is 0 Å². The third-order valence-corrected chi connectivity index (χ3v) is 5.31. The first kappa shape index (κ1) is 16.0. The predicted octanol–water partition coefficient (Wildman–Crippen LogP) is 3.99. The summed E-state index contributed by atoms with van der Waals surface area (Å²) in [5.74, 6) is 1.56.